The van der Waals surface area contributed by atoms with Crippen LogP contribution in [-0.4, -0.2) is 25.9 Å². The molecule has 26 heavy (non-hydrogen) atoms. The lowest BCUT2D eigenvalue weighted by Crippen LogP contribution is -2.20. The van der Waals surface area contributed by atoms with Crippen LogP contribution >= 0.6 is 0 Å². The number of benzene rings is 2. The first-order chi connectivity index (χ1) is 12.4. The Morgan fingerprint density at radius 1 is 1.19 bits per heavy atom. The van der Waals surface area contributed by atoms with Gasteiger partial charge in [-0.05, 0) is 55.0 Å². The largest absolute Gasteiger partial charge is 0.484 e. The van der Waals surface area contributed by atoms with Crippen LogP contribution in [0, 0.1) is 6.92 Å². The number of sulfonamides is 1. The Balaban J connectivity index is 1.90. The number of nitrogens with two attached hydrogens (primary N) is 1. The molecule has 7 nitrogen and oxygen atoms in total. The van der Waals surface area contributed by atoms with Gasteiger partial charge in [-0.3, -0.25) is 14.5 Å². The standard InChI is InChI=1S/C18H17N3O4S/c1-12-10-13(7-8-17(12)25-11-18(19)22)26(23,24)21-16-6-2-5-15-14(16)4-3-9-20-15/h2-10,21H,11H2,1H3,(H2,19,22). The van der Waals surface area contributed by atoms with Crippen molar-refractivity contribution in [3.05, 3.63) is 60.3 Å². The van der Waals surface area contributed by atoms with Gasteiger partial charge in [0, 0.05) is 11.6 Å². The number of hydrogen-bond acceptors (Lipinski definition) is 5. The summed E-state index contributed by atoms with van der Waals surface area (Å²) in [7, 11) is -3.80. The summed E-state index contributed by atoms with van der Waals surface area (Å²) in [5, 5.41) is 0.705. The van der Waals surface area contributed by atoms with E-state index >= 15 is 0 Å². The van der Waals surface area contributed by atoms with Crippen molar-refractivity contribution in [1.29, 1.82) is 0 Å². The summed E-state index contributed by atoms with van der Waals surface area (Å²) in [5.41, 5.74) is 6.76. The number of amides is 1. The van der Waals surface area contributed by atoms with Gasteiger partial charge >= 0.3 is 0 Å². The maximum absolute atomic E-state index is 12.7. The zero-order valence-electron chi connectivity index (χ0n) is 14.0. The van der Waals surface area contributed by atoms with Crippen LogP contribution in [0.5, 0.6) is 5.75 Å². The molecule has 1 amide bonds. The minimum atomic E-state index is -3.80. The number of nitrogens with zero attached hydrogens (tertiary/aromatic N) is 1. The van der Waals surface area contributed by atoms with Crippen LogP contribution in [0.4, 0.5) is 5.69 Å². The fraction of sp³-hybridized carbons (Fsp3) is 0.111. The van der Waals surface area contributed by atoms with Crippen molar-refractivity contribution in [2.45, 2.75) is 11.8 Å². The van der Waals surface area contributed by atoms with Crippen molar-refractivity contribution in [1.82, 2.24) is 4.98 Å². The van der Waals surface area contributed by atoms with Crippen LogP contribution in [-0.2, 0) is 14.8 Å². The van der Waals surface area contributed by atoms with Crippen molar-refractivity contribution in [2.75, 3.05) is 11.3 Å². The van der Waals surface area contributed by atoms with Crippen LogP contribution in [0.3, 0.4) is 0 Å². The first-order valence-electron chi connectivity index (χ1n) is 7.75. The highest BCUT2D eigenvalue weighted by atomic mass is 32.2. The molecule has 0 saturated heterocycles. The summed E-state index contributed by atoms with van der Waals surface area (Å²) >= 11 is 0. The van der Waals surface area contributed by atoms with E-state index in [2.05, 4.69) is 9.71 Å². The van der Waals surface area contributed by atoms with E-state index in [1.165, 1.54) is 18.2 Å². The molecule has 0 spiro atoms. The molecule has 3 rings (SSSR count). The molecule has 0 radical (unpaired) electrons. The maximum atomic E-state index is 12.7. The van der Waals surface area contributed by atoms with E-state index < -0.39 is 15.9 Å². The van der Waals surface area contributed by atoms with Gasteiger partial charge in [0.05, 0.1) is 16.1 Å². The fourth-order valence-corrected chi connectivity index (χ4v) is 3.66. The van der Waals surface area contributed by atoms with Crippen molar-refractivity contribution >= 4 is 32.5 Å². The van der Waals surface area contributed by atoms with Crippen LogP contribution in [0.25, 0.3) is 10.9 Å². The molecule has 8 heteroatoms. The van der Waals surface area contributed by atoms with Crippen LogP contribution in [0.15, 0.2) is 59.6 Å². The molecule has 134 valence electrons. The summed E-state index contributed by atoms with van der Waals surface area (Å²) in [5.74, 6) is -0.204. The van der Waals surface area contributed by atoms with E-state index in [1.807, 2.05) is 6.07 Å². The van der Waals surface area contributed by atoms with Gasteiger partial charge in [-0.25, -0.2) is 8.42 Å². The monoisotopic (exact) mass is 371 g/mol. The van der Waals surface area contributed by atoms with E-state index in [0.29, 0.717) is 27.9 Å². The van der Waals surface area contributed by atoms with Gasteiger partial charge in [-0.1, -0.05) is 6.07 Å². The predicted molar refractivity (Wildman–Crippen MR) is 98.4 cm³/mol. The molecule has 0 fully saturated rings. The third kappa shape index (κ3) is 3.75. The lowest BCUT2D eigenvalue weighted by atomic mass is 10.2. The molecule has 3 aromatic rings. The van der Waals surface area contributed by atoms with Gasteiger partial charge in [0.2, 0.25) is 0 Å². The highest BCUT2D eigenvalue weighted by Crippen LogP contribution is 2.26. The average molecular weight is 371 g/mol. The lowest BCUT2D eigenvalue weighted by molar-refractivity contribution is -0.119. The molecule has 0 saturated carbocycles. The number of pyridine rings is 1. The molecular weight excluding hydrogens is 354 g/mol. The third-order valence-electron chi connectivity index (χ3n) is 3.72. The quantitative estimate of drug-likeness (QED) is 0.690. The lowest BCUT2D eigenvalue weighted by Gasteiger charge is -2.12. The third-order valence-corrected chi connectivity index (χ3v) is 5.08. The zero-order chi connectivity index (χ0) is 18.7. The second kappa shape index (κ2) is 7.01. The number of anilines is 1. The Bertz CT molecular complexity index is 1080. The van der Waals surface area contributed by atoms with Crippen LogP contribution in [0.2, 0.25) is 0 Å². The number of ether oxygens (including phenoxy) is 1. The molecule has 0 unspecified atom stereocenters. The second-order valence-corrected chi connectivity index (χ2v) is 7.35. The highest BCUT2D eigenvalue weighted by molar-refractivity contribution is 7.92. The Hall–Kier alpha value is -3.13. The predicted octanol–water partition coefficient (Wildman–Crippen LogP) is 2.21. The zero-order valence-corrected chi connectivity index (χ0v) is 14.8. The molecule has 0 atom stereocenters. The van der Waals surface area contributed by atoms with Crippen LogP contribution < -0.4 is 15.2 Å². The van der Waals surface area contributed by atoms with E-state index in [1.54, 1.807) is 37.4 Å². The number of aryl methyl sites for hydroxylation is 1. The number of carbonyl (C=O) groups excluding carboxylic acids is 1. The number of rotatable bonds is 6. The number of aromatic nitrogens is 1. The first kappa shape index (κ1) is 17.7. The van der Waals surface area contributed by atoms with E-state index in [-0.39, 0.29) is 11.5 Å². The maximum Gasteiger partial charge on any atom is 0.261 e. The van der Waals surface area contributed by atoms with Gasteiger partial charge in [0.25, 0.3) is 15.9 Å². The molecule has 0 aliphatic rings. The van der Waals surface area contributed by atoms with Gasteiger partial charge in [-0.15, -0.1) is 0 Å². The average Bonchev–Trinajstić information content (AvgIpc) is 2.60. The summed E-state index contributed by atoms with van der Waals surface area (Å²) < 4.78 is 33.3. The van der Waals surface area contributed by atoms with Gasteiger partial charge in [-0.2, -0.15) is 0 Å². The molecule has 1 aromatic heterocycles. The number of primary amides is 1. The Morgan fingerprint density at radius 3 is 2.73 bits per heavy atom. The van der Waals surface area contributed by atoms with Crippen molar-refractivity contribution in [2.24, 2.45) is 5.73 Å². The van der Waals surface area contributed by atoms with Gasteiger partial charge in [0.15, 0.2) is 6.61 Å². The van der Waals surface area contributed by atoms with Gasteiger partial charge < -0.3 is 10.5 Å². The molecule has 0 bridgehead atoms. The smallest absolute Gasteiger partial charge is 0.261 e. The molecule has 3 N–H and O–H groups in total. The number of hydrogen-bond donors (Lipinski definition) is 2. The topological polar surface area (TPSA) is 111 Å². The second-order valence-electron chi connectivity index (χ2n) is 5.66. The minimum absolute atomic E-state index is 0.0855. The van der Waals surface area contributed by atoms with Crippen LogP contribution in [0.1, 0.15) is 5.56 Å². The number of fused-ring (bicyclic) bond motifs is 1. The van der Waals surface area contributed by atoms with Crippen molar-refractivity contribution < 1.29 is 17.9 Å². The van der Waals surface area contributed by atoms with Crippen molar-refractivity contribution in [3.8, 4) is 5.75 Å². The normalized spacial score (nSPS) is 11.3. The highest BCUT2D eigenvalue weighted by Gasteiger charge is 2.17. The Morgan fingerprint density at radius 2 is 2.00 bits per heavy atom. The number of nitrogens with one attached hydrogen (secondary N) is 1. The minimum Gasteiger partial charge on any atom is -0.484 e. The van der Waals surface area contributed by atoms with E-state index in [4.69, 9.17) is 10.5 Å². The molecule has 2 aromatic carbocycles. The molecule has 0 aliphatic heterocycles. The molecule has 1 heterocycles. The Kier molecular flexibility index (Phi) is 4.77. The summed E-state index contributed by atoms with van der Waals surface area (Å²) in [4.78, 5) is 15.1. The summed E-state index contributed by atoms with van der Waals surface area (Å²) in [6.07, 6.45) is 1.65. The number of carbonyl (C=O) groups is 1. The first-order valence-corrected chi connectivity index (χ1v) is 9.23. The fourth-order valence-electron chi connectivity index (χ4n) is 2.50. The van der Waals surface area contributed by atoms with Crippen molar-refractivity contribution in [3.63, 3.8) is 0 Å². The summed E-state index contributed by atoms with van der Waals surface area (Å²) in [6.45, 7) is 1.42. The molecular formula is C18H17N3O4S. The SMILES string of the molecule is Cc1cc(S(=O)(=O)Nc2cccc3ncccc23)ccc1OCC(N)=O. The Labute approximate surface area is 150 Å². The summed E-state index contributed by atoms with van der Waals surface area (Å²) in [6, 6.07) is 13.1. The van der Waals surface area contributed by atoms with E-state index in [0.717, 1.165) is 0 Å². The van der Waals surface area contributed by atoms with E-state index in [9.17, 15) is 13.2 Å². The van der Waals surface area contributed by atoms with Gasteiger partial charge in [0.1, 0.15) is 5.75 Å². The molecule has 0 aliphatic carbocycles.